The van der Waals surface area contributed by atoms with Crippen LogP contribution >= 0.6 is 11.3 Å². The van der Waals surface area contributed by atoms with Gasteiger partial charge in [0.2, 0.25) is 0 Å². The molecule has 6 nitrogen and oxygen atoms in total. The Kier molecular flexibility index (Phi) is 5.29. The fourth-order valence-corrected chi connectivity index (χ4v) is 4.37. The zero-order valence-electron chi connectivity index (χ0n) is 15.6. The van der Waals surface area contributed by atoms with Gasteiger partial charge in [-0.3, -0.25) is 0 Å². The van der Waals surface area contributed by atoms with E-state index in [2.05, 4.69) is 51.4 Å². The summed E-state index contributed by atoms with van der Waals surface area (Å²) in [6, 6.07) is 8.47. The van der Waals surface area contributed by atoms with Gasteiger partial charge in [0, 0.05) is 73.0 Å². The molecular formula is C20H25N5OS. The summed E-state index contributed by atoms with van der Waals surface area (Å²) in [5.74, 6) is 0. The fraction of sp³-hybridized carbons (Fsp3) is 0.400. The van der Waals surface area contributed by atoms with E-state index in [0.29, 0.717) is 6.54 Å². The summed E-state index contributed by atoms with van der Waals surface area (Å²) in [6.07, 6.45) is 5.73. The number of urea groups is 1. The molecular weight excluding hydrogens is 358 g/mol. The number of aromatic nitrogens is 2. The van der Waals surface area contributed by atoms with Crippen molar-refractivity contribution < 1.29 is 4.79 Å². The van der Waals surface area contributed by atoms with Crippen LogP contribution in [-0.2, 0) is 12.8 Å². The molecule has 0 spiro atoms. The number of hydrogen-bond acceptors (Lipinski definition) is 4. The van der Waals surface area contributed by atoms with E-state index >= 15 is 0 Å². The van der Waals surface area contributed by atoms with Gasteiger partial charge in [0.05, 0.1) is 5.01 Å². The van der Waals surface area contributed by atoms with Crippen LogP contribution in [0, 0.1) is 0 Å². The van der Waals surface area contributed by atoms with E-state index in [-0.39, 0.29) is 6.03 Å². The van der Waals surface area contributed by atoms with Crippen molar-refractivity contribution >= 4 is 34.0 Å². The van der Waals surface area contributed by atoms with Gasteiger partial charge in [-0.05, 0) is 24.6 Å². The molecule has 1 aliphatic heterocycles. The number of thiazole rings is 1. The van der Waals surface area contributed by atoms with Crippen LogP contribution in [0.15, 0.2) is 36.7 Å². The van der Waals surface area contributed by atoms with Crippen molar-refractivity contribution in [3.05, 3.63) is 46.5 Å². The fourth-order valence-electron chi connectivity index (χ4n) is 3.51. The highest BCUT2D eigenvalue weighted by Gasteiger charge is 2.22. The first kappa shape index (κ1) is 17.9. The second-order valence-corrected chi connectivity index (χ2v) is 7.95. The molecule has 1 aromatic carbocycles. The Morgan fingerprint density at radius 3 is 2.89 bits per heavy atom. The lowest BCUT2D eigenvalue weighted by Gasteiger charge is -2.36. The predicted molar refractivity (Wildman–Crippen MR) is 111 cm³/mol. The first-order chi connectivity index (χ1) is 13.2. The van der Waals surface area contributed by atoms with Crippen LogP contribution < -0.4 is 10.2 Å². The van der Waals surface area contributed by atoms with E-state index < -0.39 is 0 Å². The maximum atomic E-state index is 12.4. The van der Waals surface area contributed by atoms with E-state index in [1.165, 1.54) is 16.0 Å². The monoisotopic (exact) mass is 383 g/mol. The molecule has 1 saturated heterocycles. The van der Waals surface area contributed by atoms with Gasteiger partial charge in [-0.25, -0.2) is 9.78 Å². The Morgan fingerprint density at radius 2 is 2.11 bits per heavy atom. The number of hydrogen-bond donors (Lipinski definition) is 2. The molecule has 0 unspecified atom stereocenters. The largest absolute Gasteiger partial charge is 0.367 e. The number of aryl methyl sites for hydroxylation is 1. The van der Waals surface area contributed by atoms with Gasteiger partial charge >= 0.3 is 6.03 Å². The molecule has 2 N–H and O–H groups in total. The molecule has 0 atom stereocenters. The van der Waals surface area contributed by atoms with E-state index in [9.17, 15) is 4.79 Å². The summed E-state index contributed by atoms with van der Waals surface area (Å²) in [5, 5.41) is 5.37. The smallest absolute Gasteiger partial charge is 0.317 e. The van der Waals surface area contributed by atoms with Crippen LogP contribution in [0.25, 0.3) is 10.9 Å². The summed E-state index contributed by atoms with van der Waals surface area (Å²) in [5.41, 5.74) is 2.39. The van der Waals surface area contributed by atoms with Crippen molar-refractivity contribution in [1.29, 1.82) is 0 Å². The number of piperazine rings is 1. The number of fused-ring (bicyclic) bond motifs is 1. The lowest BCUT2D eigenvalue weighted by atomic mass is 10.2. The zero-order valence-corrected chi connectivity index (χ0v) is 16.4. The van der Waals surface area contributed by atoms with Crippen molar-refractivity contribution in [1.82, 2.24) is 20.2 Å². The Hall–Kier alpha value is -2.54. The third-order valence-electron chi connectivity index (χ3n) is 5.04. The Labute approximate surface area is 163 Å². The standard InChI is InChI=1S/C20H25N5OS/c1-2-15-14-23-19(27-15)7-9-22-20(26)25-12-10-24(11-13-25)18-5-3-4-17-16(18)6-8-21-17/h3-6,8,14,21H,2,7,9-13H2,1H3,(H,22,26). The molecule has 2 aromatic heterocycles. The van der Waals surface area contributed by atoms with Crippen molar-refractivity contribution in [2.75, 3.05) is 37.6 Å². The number of aromatic amines is 1. The number of H-pyrrole nitrogens is 1. The quantitative estimate of drug-likeness (QED) is 0.711. The second kappa shape index (κ2) is 8.00. The van der Waals surface area contributed by atoms with E-state index in [4.69, 9.17) is 0 Å². The number of anilines is 1. The van der Waals surface area contributed by atoms with Gasteiger partial charge in [-0.15, -0.1) is 11.3 Å². The molecule has 27 heavy (non-hydrogen) atoms. The minimum Gasteiger partial charge on any atom is -0.367 e. The summed E-state index contributed by atoms with van der Waals surface area (Å²) in [6.45, 7) is 5.95. The average Bonchev–Trinajstić information content (AvgIpc) is 3.37. The Morgan fingerprint density at radius 1 is 1.26 bits per heavy atom. The molecule has 3 aromatic rings. The van der Waals surface area contributed by atoms with Crippen molar-refractivity contribution in [2.24, 2.45) is 0 Å². The molecule has 0 bridgehead atoms. The second-order valence-electron chi connectivity index (χ2n) is 6.75. The summed E-state index contributed by atoms with van der Waals surface area (Å²) < 4.78 is 0. The lowest BCUT2D eigenvalue weighted by Crippen LogP contribution is -2.52. The molecule has 0 aliphatic carbocycles. The maximum Gasteiger partial charge on any atom is 0.317 e. The van der Waals surface area contributed by atoms with Crippen LogP contribution in [0.1, 0.15) is 16.8 Å². The molecule has 7 heteroatoms. The first-order valence-electron chi connectivity index (χ1n) is 9.52. The summed E-state index contributed by atoms with van der Waals surface area (Å²) in [4.78, 5) is 25.7. The van der Waals surface area contributed by atoms with Gasteiger partial charge in [0.15, 0.2) is 0 Å². The Balaban J connectivity index is 1.27. The molecule has 4 rings (SSSR count). The van der Waals surface area contributed by atoms with E-state index in [1.807, 2.05) is 17.3 Å². The van der Waals surface area contributed by atoms with Gasteiger partial charge in [-0.2, -0.15) is 0 Å². The Bertz CT molecular complexity index is 910. The molecule has 0 saturated carbocycles. The highest BCUT2D eigenvalue weighted by Crippen LogP contribution is 2.26. The van der Waals surface area contributed by atoms with E-state index in [1.54, 1.807) is 11.3 Å². The molecule has 2 amide bonds. The lowest BCUT2D eigenvalue weighted by molar-refractivity contribution is 0.194. The van der Waals surface area contributed by atoms with Crippen molar-refractivity contribution in [3.63, 3.8) is 0 Å². The van der Waals surface area contributed by atoms with Crippen LogP contribution in [0.4, 0.5) is 10.5 Å². The number of benzene rings is 1. The number of nitrogens with zero attached hydrogens (tertiary/aromatic N) is 3. The average molecular weight is 384 g/mol. The van der Waals surface area contributed by atoms with Crippen LogP contribution in [0.5, 0.6) is 0 Å². The topological polar surface area (TPSA) is 64.3 Å². The zero-order chi connectivity index (χ0) is 18.6. The van der Waals surface area contributed by atoms with Crippen LogP contribution in [0.3, 0.4) is 0 Å². The predicted octanol–water partition coefficient (Wildman–Crippen LogP) is 3.26. The SMILES string of the molecule is CCc1cnc(CCNC(=O)N2CCN(c3cccc4[nH]ccc34)CC2)s1. The molecule has 1 fully saturated rings. The van der Waals surface area contributed by atoms with Gasteiger partial charge in [-0.1, -0.05) is 13.0 Å². The number of nitrogens with one attached hydrogen (secondary N) is 2. The third-order valence-corrected chi connectivity index (χ3v) is 6.25. The highest BCUT2D eigenvalue weighted by atomic mass is 32.1. The number of carbonyl (C=O) groups is 1. The van der Waals surface area contributed by atoms with Crippen LogP contribution in [0.2, 0.25) is 0 Å². The summed E-state index contributed by atoms with van der Waals surface area (Å²) in [7, 11) is 0. The van der Waals surface area contributed by atoms with Gasteiger partial charge < -0.3 is 20.1 Å². The van der Waals surface area contributed by atoms with Gasteiger partial charge in [0.1, 0.15) is 0 Å². The summed E-state index contributed by atoms with van der Waals surface area (Å²) >= 11 is 1.73. The third kappa shape index (κ3) is 3.93. The minimum absolute atomic E-state index is 0.0294. The normalized spacial score (nSPS) is 14.7. The molecule has 1 aliphatic rings. The molecule has 3 heterocycles. The van der Waals surface area contributed by atoms with Crippen LogP contribution in [-0.4, -0.2) is 53.6 Å². The number of carbonyl (C=O) groups excluding carboxylic acids is 1. The van der Waals surface area contributed by atoms with Crippen molar-refractivity contribution in [3.8, 4) is 0 Å². The maximum absolute atomic E-state index is 12.4. The molecule has 142 valence electrons. The van der Waals surface area contributed by atoms with Crippen molar-refractivity contribution in [2.45, 2.75) is 19.8 Å². The first-order valence-corrected chi connectivity index (χ1v) is 10.3. The minimum atomic E-state index is 0.0294. The number of rotatable bonds is 5. The van der Waals surface area contributed by atoms with E-state index in [0.717, 1.165) is 49.5 Å². The highest BCUT2D eigenvalue weighted by molar-refractivity contribution is 7.11. The number of amides is 2. The van der Waals surface area contributed by atoms with Gasteiger partial charge in [0.25, 0.3) is 0 Å². The molecule has 0 radical (unpaired) electrons.